The van der Waals surface area contributed by atoms with Gasteiger partial charge in [-0.2, -0.15) is 0 Å². The van der Waals surface area contributed by atoms with Crippen LogP contribution in [0.25, 0.3) is 17.3 Å². The van der Waals surface area contributed by atoms with E-state index in [1.165, 1.54) is 37.3 Å². The number of ether oxygens (including phenoxy) is 1. The standard InChI is InChI=1S/C16H14FN3O3S/c1-10(15(21)22-2)24-16-19-18-14(13-4-3-9-23-13)20(16)12-7-5-11(17)6-8-12/h3-10H,1-2H3/t10-/m1/s1. The van der Waals surface area contributed by atoms with E-state index in [-0.39, 0.29) is 11.8 Å². The quantitative estimate of drug-likeness (QED) is 0.521. The Kier molecular flexibility index (Phi) is 4.66. The van der Waals surface area contributed by atoms with Gasteiger partial charge in [0.25, 0.3) is 0 Å². The summed E-state index contributed by atoms with van der Waals surface area (Å²) in [5, 5.41) is 8.30. The molecule has 0 bridgehead atoms. The van der Waals surface area contributed by atoms with Crippen molar-refractivity contribution in [2.24, 2.45) is 0 Å². The van der Waals surface area contributed by atoms with Crippen molar-refractivity contribution in [3.05, 3.63) is 48.5 Å². The SMILES string of the molecule is COC(=O)[C@@H](C)Sc1nnc(-c2ccco2)n1-c1ccc(F)cc1. The van der Waals surface area contributed by atoms with Gasteiger partial charge in [-0.15, -0.1) is 10.2 Å². The Bertz CT molecular complexity index is 831. The first-order valence-electron chi connectivity index (χ1n) is 7.10. The van der Waals surface area contributed by atoms with Crippen LogP contribution >= 0.6 is 11.8 Å². The van der Waals surface area contributed by atoms with Crippen molar-refractivity contribution in [1.29, 1.82) is 0 Å². The van der Waals surface area contributed by atoms with Gasteiger partial charge < -0.3 is 9.15 Å². The molecule has 8 heteroatoms. The van der Waals surface area contributed by atoms with E-state index in [0.29, 0.717) is 22.4 Å². The van der Waals surface area contributed by atoms with Crippen molar-refractivity contribution in [2.75, 3.05) is 7.11 Å². The summed E-state index contributed by atoms with van der Waals surface area (Å²) in [5.41, 5.74) is 0.660. The fourth-order valence-corrected chi connectivity index (χ4v) is 3.00. The molecule has 0 aliphatic carbocycles. The molecule has 0 spiro atoms. The van der Waals surface area contributed by atoms with E-state index >= 15 is 0 Å². The summed E-state index contributed by atoms with van der Waals surface area (Å²) < 4.78 is 25.1. The lowest BCUT2D eigenvalue weighted by atomic mass is 10.3. The minimum atomic E-state index is -0.470. The number of furan rings is 1. The van der Waals surface area contributed by atoms with Crippen LogP contribution in [0, 0.1) is 5.82 Å². The molecule has 1 atom stereocenters. The topological polar surface area (TPSA) is 70.2 Å². The highest BCUT2D eigenvalue weighted by molar-refractivity contribution is 8.00. The molecular formula is C16H14FN3O3S. The molecule has 0 aliphatic rings. The molecule has 3 rings (SSSR count). The van der Waals surface area contributed by atoms with Crippen LogP contribution < -0.4 is 0 Å². The predicted molar refractivity (Wildman–Crippen MR) is 86.4 cm³/mol. The van der Waals surface area contributed by atoms with Gasteiger partial charge >= 0.3 is 5.97 Å². The highest BCUT2D eigenvalue weighted by atomic mass is 32.2. The maximum absolute atomic E-state index is 13.2. The second-order valence-corrected chi connectivity index (χ2v) is 6.19. The molecule has 24 heavy (non-hydrogen) atoms. The number of hydrogen-bond donors (Lipinski definition) is 0. The summed E-state index contributed by atoms with van der Waals surface area (Å²) in [7, 11) is 1.33. The van der Waals surface area contributed by atoms with Crippen LogP contribution in [-0.2, 0) is 9.53 Å². The Morgan fingerprint density at radius 2 is 2.04 bits per heavy atom. The first-order valence-corrected chi connectivity index (χ1v) is 7.98. The van der Waals surface area contributed by atoms with Crippen molar-refractivity contribution in [1.82, 2.24) is 14.8 Å². The van der Waals surface area contributed by atoms with E-state index in [4.69, 9.17) is 9.15 Å². The second kappa shape index (κ2) is 6.88. The molecule has 2 heterocycles. The Balaban J connectivity index is 2.06. The summed E-state index contributed by atoms with van der Waals surface area (Å²) in [6.45, 7) is 1.72. The number of halogens is 1. The average Bonchev–Trinajstić information content (AvgIpc) is 3.24. The van der Waals surface area contributed by atoms with Crippen molar-refractivity contribution >= 4 is 17.7 Å². The number of methoxy groups -OCH3 is 1. The largest absolute Gasteiger partial charge is 0.468 e. The zero-order chi connectivity index (χ0) is 17.1. The number of carbonyl (C=O) groups excluding carboxylic acids is 1. The van der Waals surface area contributed by atoms with E-state index in [2.05, 4.69) is 10.2 Å². The van der Waals surface area contributed by atoms with Crippen LogP contribution in [0.15, 0.2) is 52.2 Å². The smallest absolute Gasteiger partial charge is 0.318 e. The van der Waals surface area contributed by atoms with Crippen LogP contribution in [0.1, 0.15) is 6.92 Å². The molecule has 0 saturated heterocycles. The first kappa shape index (κ1) is 16.3. The van der Waals surface area contributed by atoms with Gasteiger partial charge in [0, 0.05) is 0 Å². The molecule has 0 fully saturated rings. The molecule has 0 amide bonds. The van der Waals surface area contributed by atoms with Gasteiger partial charge in [-0.05, 0) is 43.3 Å². The second-order valence-electron chi connectivity index (χ2n) is 4.88. The normalized spacial score (nSPS) is 12.1. The summed E-state index contributed by atoms with van der Waals surface area (Å²) in [4.78, 5) is 11.7. The van der Waals surface area contributed by atoms with Crippen LogP contribution in [0.4, 0.5) is 4.39 Å². The Labute approximate surface area is 141 Å². The minimum Gasteiger partial charge on any atom is -0.468 e. The van der Waals surface area contributed by atoms with Crippen molar-refractivity contribution in [3.63, 3.8) is 0 Å². The molecule has 0 N–H and O–H groups in total. The Morgan fingerprint density at radius 3 is 2.67 bits per heavy atom. The summed E-state index contributed by atoms with van der Waals surface area (Å²) in [6, 6.07) is 9.40. The lowest BCUT2D eigenvalue weighted by molar-refractivity contribution is -0.139. The average molecular weight is 347 g/mol. The van der Waals surface area contributed by atoms with Gasteiger partial charge in [0.1, 0.15) is 11.1 Å². The molecule has 2 aromatic heterocycles. The molecule has 124 valence electrons. The molecule has 0 unspecified atom stereocenters. The molecule has 0 radical (unpaired) electrons. The fourth-order valence-electron chi connectivity index (χ4n) is 2.11. The van der Waals surface area contributed by atoms with Crippen LogP contribution in [0.3, 0.4) is 0 Å². The van der Waals surface area contributed by atoms with Gasteiger partial charge in [0.05, 0.1) is 19.1 Å². The molecule has 0 aliphatic heterocycles. The van der Waals surface area contributed by atoms with Gasteiger partial charge in [-0.3, -0.25) is 9.36 Å². The lowest BCUT2D eigenvalue weighted by Crippen LogP contribution is -2.15. The molecule has 0 saturated carbocycles. The monoisotopic (exact) mass is 347 g/mol. The van der Waals surface area contributed by atoms with Crippen molar-refractivity contribution < 1.29 is 18.3 Å². The zero-order valence-electron chi connectivity index (χ0n) is 13.0. The van der Waals surface area contributed by atoms with Crippen molar-refractivity contribution in [2.45, 2.75) is 17.3 Å². The van der Waals surface area contributed by atoms with Gasteiger partial charge in [0.15, 0.2) is 10.9 Å². The molecule has 3 aromatic rings. The number of rotatable bonds is 5. The number of aromatic nitrogens is 3. The van der Waals surface area contributed by atoms with E-state index in [1.54, 1.807) is 35.8 Å². The summed E-state index contributed by atoms with van der Waals surface area (Å²) >= 11 is 1.20. The zero-order valence-corrected chi connectivity index (χ0v) is 13.8. The lowest BCUT2D eigenvalue weighted by Gasteiger charge is -2.11. The number of hydrogen-bond acceptors (Lipinski definition) is 6. The number of carbonyl (C=O) groups is 1. The van der Waals surface area contributed by atoms with E-state index in [0.717, 1.165) is 0 Å². The number of esters is 1. The minimum absolute atomic E-state index is 0.344. The Morgan fingerprint density at radius 1 is 1.29 bits per heavy atom. The maximum Gasteiger partial charge on any atom is 0.318 e. The van der Waals surface area contributed by atoms with Crippen LogP contribution in [-0.4, -0.2) is 33.1 Å². The number of thioether (sulfide) groups is 1. The third kappa shape index (κ3) is 3.18. The maximum atomic E-state index is 13.2. The van der Waals surface area contributed by atoms with E-state index < -0.39 is 5.25 Å². The molecule has 1 aromatic carbocycles. The van der Waals surface area contributed by atoms with Crippen LogP contribution in [0.5, 0.6) is 0 Å². The molecule has 6 nitrogen and oxygen atoms in total. The predicted octanol–water partition coefficient (Wildman–Crippen LogP) is 3.32. The van der Waals surface area contributed by atoms with E-state index in [1.807, 2.05) is 0 Å². The van der Waals surface area contributed by atoms with Gasteiger partial charge in [-0.1, -0.05) is 11.8 Å². The fraction of sp³-hybridized carbons (Fsp3) is 0.188. The summed E-state index contributed by atoms with van der Waals surface area (Å²) in [6.07, 6.45) is 1.53. The van der Waals surface area contributed by atoms with Crippen molar-refractivity contribution in [3.8, 4) is 17.3 Å². The van der Waals surface area contributed by atoms with Gasteiger partial charge in [0.2, 0.25) is 5.82 Å². The Hall–Kier alpha value is -2.61. The van der Waals surface area contributed by atoms with Gasteiger partial charge in [-0.25, -0.2) is 4.39 Å². The third-order valence-electron chi connectivity index (χ3n) is 3.28. The highest BCUT2D eigenvalue weighted by Crippen LogP contribution is 2.30. The number of benzene rings is 1. The first-order chi connectivity index (χ1) is 11.6. The van der Waals surface area contributed by atoms with Crippen LogP contribution in [0.2, 0.25) is 0 Å². The number of nitrogens with zero attached hydrogens (tertiary/aromatic N) is 3. The highest BCUT2D eigenvalue weighted by Gasteiger charge is 2.23. The summed E-state index contributed by atoms with van der Waals surface area (Å²) in [5.74, 6) is 0.271. The third-order valence-corrected chi connectivity index (χ3v) is 4.30. The molecular weight excluding hydrogens is 333 g/mol. The van der Waals surface area contributed by atoms with E-state index in [9.17, 15) is 9.18 Å².